The Morgan fingerprint density at radius 2 is 1.52 bits per heavy atom. The topological polar surface area (TPSA) is 43.4 Å². The zero-order chi connectivity index (χ0) is 13.8. The monoisotopic (exact) mass is 468 g/mol. The van der Waals surface area contributed by atoms with Crippen molar-refractivity contribution in [1.82, 2.24) is 0 Å². The zero-order valence-electron chi connectivity index (χ0n) is 12.0. The second-order valence-electron chi connectivity index (χ2n) is 4.57. The molecule has 0 heterocycles. The summed E-state index contributed by atoms with van der Waals surface area (Å²) >= 11 is 2.06. The summed E-state index contributed by atoms with van der Waals surface area (Å²) in [6.45, 7) is 4.25. The minimum absolute atomic E-state index is 0. The van der Waals surface area contributed by atoms with Crippen LogP contribution in [0.4, 0.5) is 0 Å². The molecule has 7 heteroatoms. The van der Waals surface area contributed by atoms with Crippen molar-refractivity contribution in [3.05, 3.63) is 0 Å². The van der Waals surface area contributed by atoms with Gasteiger partial charge in [0.05, 0.1) is 0 Å². The molecule has 0 aliphatic rings. The van der Waals surface area contributed by atoms with Crippen LogP contribution in [-0.2, 0) is 14.3 Å². The Morgan fingerprint density at radius 1 is 1.00 bits per heavy atom. The molecule has 3 nitrogen and oxygen atoms in total. The van der Waals surface area contributed by atoms with Crippen LogP contribution in [0.1, 0.15) is 71.6 Å². The van der Waals surface area contributed by atoms with E-state index in [0.717, 1.165) is 51.4 Å². The van der Waals surface area contributed by atoms with E-state index in [4.69, 9.17) is 4.74 Å². The molecule has 0 N–H and O–H groups in total. The number of esters is 2. The molecular formula is C14H28ClIKNaO3. The molecular weight excluding hydrogens is 441 g/mol. The molecule has 0 bridgehead atoms. The Morgan fingerprint density at radius 3 is 2.05 bits per heavy atom. The third kappa shape index (κ3) is 20.8. The molecule has 1 unspecified atom stereocenters. The number of hydrogen-bond donors (Lipinski definition) is 0. The molecule has 0 amide bonds. The first-order valence-corrected chi connectivity index (χ1v) is 8.25. The number of halogens is 2. The Labute approximate surface area is 214 Å². The fourth-order valence-corrected chi connectivity index (χ4v) is 2.18. The summed E-state index contributed by atoms with van der Waals surface area (Å²) in [4.78, 5) is 23.0. The van der Waals surface area contributed by atoms with Gasteiger partial charge in [-0.05, 0) is 12.8 Å². The van der Waals surface area contributed by atoms with Crippen molar-refractivity contribution >= 4 is 128 Å². The number of carbonyl (C=O) groups is 2. The second-order valence-corrected chi connectivity index (χ2v) is 6.07. The van der Waals surface area contributed by atoms with E-state index >= 15 is 0 Å². The van der Waals surface area contributed by atoms with Gasteiger partial charge < -0.3 is 4.74 Å². The van der Waals surface area contributed by atoms with Crippen LogP contribution in [0.25, 0.3) is 0 Å². The Kier molecular flexibility index (Phi) is 34.3. The summed E-state index contributed by atoms with van der Waals surface area (Å²) in [5.74, 6) is -0.736. The van der Waals surface area contributed by atoms with Crippen LogP contribution in [0.5, 0.6) is 0 Å². The number of ether oxygens (including phenoxy) is 1. The van der Waals surface area contributed by atoms with Crippen molar-refractivity contribution in [3.63, 3.8) is 0 Å². The van der Waals surface area contributed by atoms with Crippen LogP contribution >= 0.6 is 35.0 Å². The van der Waals surface area contributed by atoms with Crippen molar-refractivity contribution in [2.75, 3.05) is 0 Å². The summed E-state index contributed by atoms with van der Waals surface area (Å²) in [6, 6.07) is 0. The van der Waals surface area contributed by atoms with Crippen molar-refractivity contribution in [1.29, 1.82) is 0 Å². The molecule has 0 fully saturated rings. The molecule has 21 heavy (non-hydrogen) atoms. The normalized spacial score (nSPS) is 10.4. The van der Waals surface area contributed by atoms with E-state index < -0.39 is 0 Å². The number of carbonyl (C=O) groups excluding carboxylic acids is 2. The van der Waals surface area contributed by atoms with Crippen LogP contribution in [0.3, 0.4) is 0 Å². The first kappa shape index (κ1) is 31.6. The number of unbranched alkanes of at least 4 members (excludes halogenated alkanes) is 5. The van der Waals surface area contributed by atoms with Crippen molar-refractivity contribution < 1.29 is 14.3 Å². The average molecular weight is 469 g/mol. The van der Waals surface area contributed by atoms with Crippen LogP contribution in [0.15, 0.2) is 0 Å². The van der Waals surface area contributed by atoms with Gasteiger partial charge in [-0.25, -0.2) is 0 Å². The van der Waals surface area contributed by atoms with E-state index in [-0.39, 0.29) is 109 Å². The molecule has 0 saturated heterocycles. The summed E-state index contributed by atoms with van der Waals surface area (Å²) in [5, 5.41) is 0. The van der Waals surface area contributed by atoms with E-state index in [9.17, 15) is 9.59 Å². The van der Waals surface area contributed by atoms with Crippen LogP contribution in [0, 0.1) is 0 Å². The first-order chi connectivity index (χ1) is 8.61. The Hall–Kier alpha value is 2.80. The van der Waals surface area contributed by atoms with Gasteiger partial charge in [0.2, 0.25) is 0 Å². The summed E-state index contributed by atoms with van der Waals surface area (Å²) in [6.07, 6.45) is 8.57. The third-order valence-corrected chi connectivity index (χ3v) is 3.90. The maximum absolute atomic E-state index is 11.6. The molecule has 0 aromatic carbocycles. The van der Waals surface area contributed by atoms with Crippen LogP contribution in [0.2, 0.25) is 0 Å². The predicted molar refractivity (Wildman–Crippen MR) is 103 cm³/mol. The molecule has 0 aliphatic carbocycles. The fourth-order valence-electron chi connectivity index (χ4n) is 1.61. The molecule has 0 radical (unpaired) electrons. The molecule has 0 saturated carbocycles. The number of alkyl halides is 1. The van der Waals surface area contributed by atoms with E-state index in [2.05, 4.69) is 36.4 Å². The van der Waals surface area contributed by atoms with Gasteiger partial charge in [-0.1, -0.05) is 75.0 Å². The molecule has 0 aromatic heterocycles. The van der Waals surface area contributed by atoms with Gasteiger partial charge >= 0.3 is 92.9 Å². The number of rotatable bonds is 10. The van der Waals surface area contributed by atoms with Gasteiger partial charge in [0.15, 0.2) is 0 Å². The minimum atomic E-state index is -0.368. The van der Waals surface area contributed by atoms with Gasteiger partial charge in [0.25, 0.3) is 0 Å². The maximum atomic E-state index is 11.6. The van der Waals surface area contributed by atoms with Gasteiger partial charge in [-0.15, -0.1) is 12.4 Å². The summed E-state index contributed by atoms with van der Waals surface area (Å²) < 4.78 is 4.65. The number of hydrogen-bond acceptors (Lipinski definition) is 3. The molecule has 0 rings (SSSR count). The second kappa shape index (κ2) is 22.8. The first-order valence-electron chi connectivity index (χ1n) is 7.00. The fraction of sp³-hybridized carbons (Fsp3) is 0.857. The van der Waals surface area contributed by atoms with Gasteiger partial charge in [0, 0.05) is 6.42 Å². The van der Waals surface area contributed by atoms with Gasteiger partial charge in [-0.2, -0.15) is 0 Å². The average Bonchev–Trinajstić information content (AvgIpc) is 2.34. The van der Waals surface area contributed by atoms with Gasteiger partial charge in [-0.3, -0.25) is 9.59 Å². The van der Waals surface area contributed by atoms with Crippen molar-refractivity contribution in [3.8, 4) is 0 Å². The zero-order valence-corrected chi connectivity index (χ0v) is 14.9. The summed E-state index contributed by atoms with van der Waals surface area (Å²) in [7, 11) is 0. The van der Waals surface area contributed by atoms with Crippen molar-refractivity contribution in [2.24, 2.45) is 0 Å². The van der Waals surface area contributed by atoms with Crippen LogP contribution < -0.4 is 0 Å². The molecule has 0 aromatic rings. The molecule has 0 aliphatic heterocycles. The van der Waals surface area contributed by atoms with Crippen LogP contribution in [-0.4, -0.2) is 96.8 Å². The molecule has 0 spiro atoms. The Bertz CT molecular complexity index is 258. The Balaban J connectivity index is -0.000000482. The van der Waals surface area contributed by atoms with E-state index in [1.807, 2.05) is 0 Å². The van der Waals surface area contributed by atoms with Crippen molar-refractivity contribution in [2.45, 2.75) is 75.6 Å². The van der Waals surface area contributed by atoms with Gasteiger partial charge in [0.1, 0.15) is 3.92 Å². The standard InChI is InChI=1S/C14H25IO3.ClH.K.Na.2H/c1-3-5-7-9-11-13(16)18-14(17)12(15)10-8-6-4-2;;;;;/h12H,3-11H2,1-2H3;1H;;;;. The summed E-state index contributed by atoms with van der Waals surface area (Å²) in [5.41, 5.74) is 0. The predicted octanol–water partition coefficient (Wildman–Crippen LogP) is 3.54. The SMILES string of the molecule is CCCCCCC(=O)OC(=O)C(I)CCCCC.Cl.[KH].[NaH]. The molecule has 118 valence electrons. The van der Waals surface area contributed by atoms with E-state index in [1.54, 1.807) is 0 Å². The molecule has 1 atom stereocenters. The quantitative estimate of drug-likeness (QED) is 0.123. The van der Waals surface area contributed by atoms with E-state index in [0.29, 0.717) is 6.42 Å². The third-order valence-electron chi connectivity index (χ3n) is 2.77. The van der Waals surface area contributed by atoms with E-state index in [1.165, 1.54) is 0 Å².